The Kier molecular flexibility index (Phi) is 4.15. The normalized spacial score (nSPS) is 12.2. The molecule has 7 nitrogen and oxygen atoms in total. The fraction of sp³-hybridized carbons (Fsp3) is 0. The zero-order valence-corrected chi connectivity index (χ0v) is 14.4. The van der Waals surface area contributed by atoms with Gasteiger partial charge in [-0.15, -0.1) is 0 Å². The van der Waals surface area contributed by atoms with Crippen LogP contribution in [0.1, 0.15) is 0 Å². The molecule has 3 rings (SSSR count). The third kappa shape index (κ3) is 3.43. The minimum Gasteiger partial charge on any atom is -0.399 e. The highest BCUT2D eigenvalue weighted by atomic mass is 32.2. The van der Waals surface area contributed by atoms with Crippen LogP contribution in [0.15, 0.2) is 70.5 Å². The number of fused-ring (bicyclic) bond motifs is 1. The Bertz CT molecular complexity index is 1150. The van der Waals surface area contributed by atoms with E-state index in [2.05, 4.69) is 4.72 Å². The summed E-state index contributed by atoms with van der Waals surface area (Å²) in [7, 11) is -8.33. The van der Waals surface area contributed by atoms with Gasteiger partial charge in [0.25, 0.3) is 20.1 Å². The first kappa shape index (κ1) is 17.2. The number of nitrogens with two attached hydrogens (primary N) is 1. The largest absolute Gasteiger partial charge is 0.399 e. The van der Waals surface area contributed by atoms with Crippen LogP contribution in [0.4, 0.5) is 11.4 Å². The molecule has 130 valence electrons. The molecule has 0 amide bonds. The van der Waals surface area contributed by atoms with Crippen molar-refractivity contribution in [2.75, 3.05) is 10.5 Å². The molecule has 0 heterocycles. The highest BCUT2D eigenvalue weighted by molar-refractivity contribution is 7.92. The second-order valence-electron chi connectivity index (χ2n) is 5.31. The van der Waals surface area contributed by atoms with Gasteiger partial charge in [-0.2, -0.15) is 8.42 Å². The van der Waals surface area contributed by atoms with E-state index in [0.29, 0.717) is 11.1 Å². The molecule has 9 heteroatoms. The fourth-order valence-electron chi connectivity index (χ4n) is 2.44. The molecular weight excluding hydrogens is 364 g/mol. The summed E-state index contributed by atoms with van der Waals surface area (Å²) in [6, 6.07) is 14.4. The Morgan fingerprint density at radius 3 is 2.00 bits per heavy atom. The molecule has 0 aliphatic rings. The van der Waals surface area contributed by atoms with Gasteiger partial charge in [-0.3, -0.25) is 9.27 Å². The van der Waals surface area contributed by atoms with Crippen molar-refractivity contribution in [2.24, 2.45) is 0 Å². The number of sulfonamides is 1. The van der Waals surface area contributed by atoms with E-state index in [1.54, 1.807) is 18.2 Å². The first-order chi connectivity index (χ1) is 11.7. The molecule has 0 unspecified atom stereocenters. The third-order valence-corrected chi connectivity index (χ3v) is 5.89. The van der Waals surface area contributed by atoms with Crippen LogP contribution in [-0.4, -0.2) is 21.4 Å². The summed E-state index contributed by atoms with van der Waals surface area (Å²) < 4.78 is 59.8. The molecule has 0 saturated carbocycles. The van der Waals surface area contributed by atoms with E-state index < -0.39 is 20.1 Å². The second-order valence-corrected chi connectivity index (χ2v) is 8.38. The van der Waals surface area contributed by atoms with Gasteiger partial charge in [0.15, 0.2) is 0 Å². The van der Waals surface area contributed by atoms with Crippen molar-refractivity contribution in [1.29, 1.82) is 0 Å². The Hall–Kier alpha value is -2.62. The molecule has 0 fully saturated rings. The Morgan fingerprint density at radius 1 is 0.800 bits per heavy atom. The standard InChI is InChI=1S/C16H14N2O5S2/c17-11-5-7-12(8-6-11)24(19,20)18-15-9-10-16(25(21,22)23)14-4-2-1-3-13(14)15/h1-10,18H,17H2,(H,21,22,23). The Labute approximate surface area is 144 Å². The van der Waals surface area contributed by atoms with Crippen molar-refractivity contribution in [3.8, 4) is 0 Å². The topological polar surface area (TPSA) is 127 Å². The molecule has 3 aromatic rings. The van der Waals surface area contributed by atoms with Gasteiger partial charge in [0, 0.05) is 16.5 Å². The van der Waals surface area contributed by atoms with E-state index in [0.717, 1.165) is 6.07 Å². The maximum atomic E-state index is 12.5. The van der Waals surface area contributed by atoms with Crippen LogP contribution in [0.5, 0.6) is 0 Å². The van der Waals surface area contributed by atoms with Crippen LogP contribution in [0.25, 0.3) is 10.8 Å². The zero-order valence-electron chi connectivity index (χ0n) is 12.7. The van der Waals surface area contributed by atoms with Crippen molar-refractivity contribution in [1.82, 2.24) is 0 Å². The summed E-state index contributed by atoms with van der Waals surface area (Å²) in [5, 5.41) is 0.555. The predicted octanol–water partition coefficient (Wildman–Crippen LogP) is 2.47. The second kappa shape index (κ2) is 6.03. The maximum Gasteiger partial charge on any atom is 0.295 e. The van der Waals surface area contributed by atoms with Gasteiger partial charge in [0.2, 0.25) is 0 Å². The monoisotopic (exact) mass is 378 g/mol. The van der Waals surface area contributed by atoms with Gasteiger partial charge < -0.3 is 5.73 Å². The summed E-state index contributed by atoms with van der Waals surface area (Å²) in [4.78, 5) is -0.275. The molecular formula is C16H14N2O5S2. The summed E-state index contributed by atoms with van der Waals surface area (Å²) in [6.45, 7) is 0. The highest BCUT2D eigenvalue weighted by Crippen LogP contribution is 2.30. The molecule has 4 N–H and O–H groups in total. The molecule has 0 aliphatic heterocycles. The van der Waals surface area contributed by atoms with E-state index in [9.17, 15) is 21.4 Å². The number of hydrogen-bond donors (Lipinski definition) is 3. The number of anilines is 2. The van der Waals surface area contributed by atoms with Crippen LogP contribution in [-0.2, 0) is 20.1 Å². The molecule has 0 radical (unpaired) electrons. The average molecular weight is 378 g/mol. The molecule has 0 bridgehead atoms. The van der Waals surface area contributed by atoms with E-state index in [1.165, 1.54) is 36.4 Å². The maximum absolute atomic E-state index is 12.5. The van der Waals surface area contributed by atoms with E-state index in [-0.39, 0.29) is 20.9 Å². The quantitative estimate of drug-likeness (QED) is 0.473. The van der Waals surface area contributed by atoms with Crippen LogP contribution >= 0.6 is 0 Å². The fourth-order valence-corrected chi connectivity index (χ4v) is 4.21. The van der Waals surface area contributed by atoms with Gasteiger partial charge in [-0.25, -0.2) is 8.42 Å². The van der Waals surface area contributed by atoms with Crippen molar-refractivity contribution >= 4 is 42.3 Å². The third-order valence-electron chi connectivity index (χ3n) is 3.60. The van der Waals surface area contributed by atoms with E-state index >= 15 is 0 Å². The molecule has 0 saturated heterocycles. The molecule has 0 spiro atoms. The zero-order chi connectivity index (χ0) is 18.2. The van der Waals surface area contributed by atoms with Crippen molar-refractivity contribution in [2.45, 2.75) is 9.79 Å². The molecule has 0 aliphatic carbocycles. The van der Waals surface area contributed by atoms with Crippen LogP contribution < -0.4 is 10.5 Å². The molecule has 0 atom stereocenters. The number of nitrogens with one attached hydrogen (secondary N) is 1. The van der Waals surface area contributed by atoms with Crippen LogP contribution in [0.2, 0.25) is 0 Å². The summed E-state index contributed by atoms with van der Waals surface area (Å²) >= 11 is 0. The first-order valence-corrected chi connectivity index (χ1v) is 9.98. The lowest BCUT2D eigenvalue weighted by atomic mass is 10.1. The predicted molar refractivity (Wildman–Crippen MR) is 95.4 cm³/mol. The SMILES string of the molecule is Nc1ccc(S(=O)(=O)Nc2ccc(S(=O)(=O)O)c3ccccc23)cc1. The first-order valence-electron chi connectivity index (χ1n) is 7.06. The van der Waals surface area contributed by atoms with E-state index in [1.807, 2.05) is 0 Å². The van der Waals surface area contributed by atoms with Crippen molar-refractivity contribution in [3.05, 3.63) is 60.7 Å². The lowest BCUT2D eigenvalue weighted by Crippen LogP contribution is -2.13. The minimum atomic E-state index is -4.44. The number of hydrogen-bond acceptors (Lipinski definition) is 5. The van der Waals surface area contributed by atoms with Gasteiger partial charge in [-0.05, 0) is 36.4 Å². The lowest BCUT2D eigenvalue weighted by molar-refractivity contribution is 0.484. The summed E-state index contributed by atoms with van der Waals surface area (Å²) in [5.74, 6) is 0. The average Bonchev–Trinajstić information content (AvgIpc) is 2.54. The summed E-state index contributed by atoms with van der Waals surface area (Å²) in [6.07, 6.45) is 0. The van der Waals surface area contributed by atoms with Crippen LogP contribution in [0.3, 0.4) is 0 Å². The Balaban J connectivity index is 2.13. The highest BCUT2D eigenvalue weighted by Gasteiger charge is 2.19. The van der Waals surface area contributed by atoms with Gasteiger partial charge >= 0.3 is 0 Å². The van der Waals surface area contributed by atoms with Crippen LogP contribution in [0, 0.1) is 0 Å². The Morgan fingerprint density at radius 2 is 1.40 bits per heavy atom. The number of rotatable bonds is 4. The van der Waals surface area contributed by atoms with Crippen molar-refractivity contribution in [3.63, 3.8) is 0 Å². The molecule has 0 aromatic heterocycles. The number of benzene rings is 3. The molecule has 25 heavy (non-hydrogen) atoms. The summed E-state index contributed by atoms with van der Waals surface area (Å²) in [5.41, 5.74) is 6.19. The van der Waals surface area contributed by atoms with Gasteiger partial charge in [-0.1, -0.05) is 24.3 Å². The smallest absolute Gasteiger partial charge is 0.295 e. The van der Waals surface area contributed by atoms with E-state index in [4.69, 9.17) is 5.73 Å². The lowest BCUT2D eigenvalue weighted by Gasteiger charge is -2.12. The van der Waals surface area contributed by atoms with Gasteiger partial charge in [0.05, 0.1) is 10.6 Å². The van der Waals surface area contributed by atoms with Crippen molar-refractivity contribution < 1.29 is 21.4 Å². The number of nitrogen functional groups attached to an aromatic ring is 1. The minimum absolute atomic E-state index is 0.0182. The molecule has 3 aromatic carbocycles. The van der Waals surface area contributed by atoms with Gasteiger partial charge in [0.1, 0.15) is 4.90 Å².